The van der Waals surface area contributed by atoms with Crippen molar-refractivity contribution in [3.63, 3.8) is 0 Å². The SMILES string of the molecule is C[C@@H]1C[C@@H](CNCCCl)N(C[C@@H](C)CN)C1. The number of nitrogens with zero attached hydrogens (tertiary/aromatic N) is 1. The summed E-state index contributed by atoms with van der Waals surface area (Å²) >= 11 is 5.67. The molecule has 1 aliphatic heterocycles. The van der Waals surface area contributed by atoms with Crippen LogP contribution in [0.4, 0.5) is 0 Å². The normalized spacial score (nSPS) is 28.5. The molecule has 0 radical (unpaired) electrons. The summed E-state index contributed by atoms with van der Waals surface area (Å²) in [4.78, 5) is 2.59. The molecule has 4 heteroatoms. The second kappa shape index (κ2) is 7.49. The standard InChI is InChI=1S/C12H26ClN3/c1-10-5-12(7-15-4-3-13)16(8-10)9-11(2)6-14/h10-12,15H,3-9,14H2,1-2H3/t10-,11+,12+/m1/s1. The average molecular weight is 248 g/mol. The summed E-state index contributed by atoms with van der Waals surface area (Å²) in [6.07, 6.45) is 1.30. The Bertz CT molecular complexity index is 189. The predicted octanol–water partition coefficient (Wildman–Crippen LogP) is 1.12. The topological polar surface area (TPSA) is 41.3 Å². The van der Waals surface area contributed by atoms with Gasteiger partial charge in [0.1, 0.15) is 0 Å². The first-order valence-corrected chi connectivity index (χ1v) is 6.91. The lowest BCUT2D eigenvalue weighted by Crippen LogP contribution is -2.41. The van der Waals surface area contributed by atoms with Gasteiger partial charge in [-0.05, 0) is 24.8 Å². The molecule has 0 aromatic heterocycles. The van der Waals surface area contributed by atoms with Crippen LogP contribution in [-0.4, -0.2) is 49.5 Å². The molecule has 1 rings (SSSR count). The quantitative estimate of drug-likeness (QED) is 0.523. The van der Waals surface area contributed by atoms with Crippen molar-refractivity contribution in [2.24, 2.45) is 17.6 Å². The molecule has 1 fully saturated rings. The molecule has 0 unspecified atom stereocenters. The van der Waals surface area contributed by atoms with Gasteiger partial charge in [0.2, 0.25) is 0 Å². The number of nitrogens with two attached hydrogens (primary N) is 1. The van der Waals surface area contributed by atoms with E-state index in [1.807, 2.05) is 0 Å². The smallest absolute Gasteiger partial charge is 0.0348 e. The maximum atomic E-state index is 5.69. The molecule has 0 amide bonds. The molecule has 3 N–H and O–H groups in total. The third-order valence-corrected chi connectivity index (χ3v) is 3.53. The number of hydrogen-bond acceptors (Lipinski definition) is 3. The molecule has 96 valence electrons. The Kier molecular flexibility index (Phi) is 6.66. The van der Waals surface area contributed by atoms with E-state index in [2.05, 4.69) is 24.1 Å². The fourth-order valence-electron chi connectivity index (χ4n) is 2.48. The molecule has 0 aliphatic carbocycles. The Balaban J connectivity index is 2.34. The van der Waals surface area contributed by atoms with Gasteiger partial charge in [0.25, 0.3) is 0 Å². The van der Waals surface area contributed by atoms with Crippen LogP contribution in [0, 0.1) is 11.8 Å². The van der Waals surface area contributed by atoms with Gasteiger partial charge in [-0.1, -0.05) is 13.8 Å². The van der Waals surface area contributed by atoms with Gasteiger partial charge in [0.05, 0.1) is 0 Å². The van der Waals surface area contributed by atoms with Crippen molar-refractivity contribution in [1.82, 2.24) is 10.2 Å². The molecule has 16 heavy (non-hydrogen) atoms. The zero-order valence-electron chi connectivity index (χ0n) is 10.6. The number of hydrogen-bond donors (Lipinski definition) is 2. The van der Waals surface area contributed by atoms with Crippen LogP contribution < -0.4 is 11.1 Å². The molecule has 0 aromatic rings. The van der Waals surface area contributed by atoms with Crippen molar-refractivity contribution in [3.8, 4) is 0 Å². The van der Waals surface area contributed by atoms with Gasteiger partial charge in [0, 0.05) is 38.1 Å². The Morgan fingerprint density at radius 2 is 2.31 bits per heavy atom. The van der Waals surface area contributed by atoms with Crippen molar-refractivity contribution < 1.29 is 0 Å². The van der Waals surface area contributed by atoms with Gasteiger partial charge < -0.3 is 11.1 Å². The Morgan fingerprint density at radius 1 is 1.56 bits per heavy atom. The third kappa shape index (κ3) is 4.58. The van der Waals surface area contributed by atoms with Crippen molar-refractivity contribution in [2.45, 2.75) is 26.3 Å². The molecule has 1 aliphatic rings. The first-order valence-electron chi connectivity index (χ1n) is 6.38. The fourth-order valence-corrected chi connectivity index (χ4v) is 2.62. The number of alkyl halides is 1. The zero-order valence-corrected chi connectivity index (χ0v) is 11.3. The molecular formula is C12H26ClN3. The van der Waals surface area contributed by atoms with Crippen LogP contribution in [-0.2, 0) is 0 Å². The van der Waals surface area contributed by atoms with Crippen LogP contribution in [0.3, 0.4) is 0 Å². The van der Waals surface area contributed by atoms with E-state index in [0.717, 1.165) is 32.1 Å². The number of nitrogens with one attached hydrogen (secondary N) is 1. The Hall–Kier alpha value is 0.170. The number of likely N-dealkylation sites (tertiary alicyclic amines) is 1. The summed E-state index contributed by atoms with van der Waals surface area (Å²) < 4.78 is 0. The van der Waals surface area contributed by atoms with Crippen LogP contribution in [0.15, 0.2) is 0 Å². The van der Waals surface area contributed by atoms with E-state index in [0.29, 0.717) is 17.8 Å². The van der Waals surface area contributed by atoms with Gasteiger partial charge in [-0.3, -0.25) is 4.90 Å². The van der Waals surface area contributed by atoms with Crippen molar-refractivity contribution in [2.75, 3.05) is 38.6 Å². The van der Waals surface area contributed by atoms with E-state index < -0.39 is 0 Å². The maximum absolute atomic E-state index is 5.69. The summed E-state index contributed by atoms with van der Waals surface area (Å²) in [6, 6.07) is 0.673. The van der Waals surface area contributed by atoms with E-state index in [4.69, 9.17) is 17.3 Å². The highest BCUT2D eigenvalue weighted by Gasteiger charge is 2.29. The van der Waals surface area contributed by atoms with Crippen LogP contribution in [0.25, 0.3) is 0 Å². The summed E-state index contributed by atoms with van der Waals surface area (Å²) in [6.45, 7) is 9.67. The van der Waals surface area contributed by atoms with E-state index in [1.54, 1.807) is 0 Å². The minimum Gasteiger partial charge on any atom is -0.330 e. The molecule has 1 heterocycles. The highest BCUT2D eigenvalue weighted by atomic mass is 35.5. The molecule has 0 saturated carbocycles. The summed E-state index contributed by atoms with van der Waals surface area (Å²) in [5.74, 6) is 2.11. The monoisotopic (exact) mass is 247 g/mol. The molecular weight excluding hydrogens is 222 g/mol. The molecule has 1 saturated heterocycles. The number of rotatable bonds is 7. The van der Waals surface area contributed by atoms with Crippen LogP contribution in [0.5, 0.6) is 0 Å². The highest BCUT2D eigenvalue weighted by molar-refractivity contribution is 6.18. The maximum Gasteiger partial charge on any atom is 0.0348 e. The van der Waals surface area contributed by atoms with E-state index >= 15 is 0 Å². The van der Waals surface area contributed by atoms with E-state index in [1.165, 1.54) is 13.0 Å². The van der Waals surface area contributed by atoms with Crippen molar-refractivity contribution >= 4 is 11.6 Å². The first kappa shape index (κ1) is 14.2. The van der Waals surface area contributed by atoms with Crippen molar-refractivity contribution in [3.05, 3.63) is 0 Å². The lowest BCUT2D eigenvalue weighted by Gasteiger charge is -2.27. The summed E-state index contributed by atoms with van der Waals surface area (Å²) in [5.41, 5.74) is 5.69. The average Bonchev–Trinajstić information content (AvgIpc) is 2.59. The van der Waals surface area contributed by atoms with Gasteiger partial charge in [-0.25, -0.2) is 0 Å². The van der Waals surface area contributed by atoms with E-state index in [-0.39, 0.29) is 0 Å². The molecule has 0 bridgehead atoms. The van der Waals surface area contributed by atoms with Gasteiger partial charge in [0.15, 0.2) is 0 Å². The zero-order chi connectivity index (χ0) is 12.0. The largest absolute Gasteiger partial charge is 0.330 e. The molecule has 3 nitrogen and oxygen atoms in total. The van der Waals surface area contributed by atoms with Crippen LogP contribution >= 0.6 is 11.6 Å². The fraction of sp³-hybridized carbons (Fsp3) is 1.00. The second-order valence-corrected chi connectivity index (χ2v) is 5.56. The number of halogens is 1. The minimum absolute atomic E-state index is 0.598. The lowest BCUT2D eigenvalue weighted by molar-refractivity contribution is 0.216. The molecule has 0 spiro atoms. The predicted molar refractivity (Wildman–Crippen MR) is 71.0 cm³/mol. The van der Waals surface area contributed by atoms with Gasteiger partial charge in [-0.2, -0.15) is 0 Å². The third-order valence-electron chi connectivity index (χ3n) is 3.34. The van der Waals surface area contributed by atoms with E-state index in [9.17, 15) is 0 Å². The Morgan fingerprint density at radius 3 is 2.94 bits per heavy atom. The second-order valence-electron chi connectivity index (χ2n) is 5.18. The molecule has 3 atom stereocenters. The van der Waals surface area contributed by atoms with Crippen LogP contribution in [0.2, 0.25) is 0 Å². The summed E-state index contributed by atoms with van der Waals surface area (Å²) in [7, 11) is 0. The first-order chi connectivity index (χ1) is 7.67. The highest BCUT2D eigenvalue weighted by Crippen LogP contribution is 2.23. The van der Waals surface area contributed by atoms with Crippen LogP contribution in [0.1, 0.15) is 20.3 Å². The summed E-state index contributed by atoms with van der Waals surface area (Å²) in [5, 5.41) is 3.41. The Labute approximate surface area is 105 Å². The van der Waals surface area contributed by atoms with Gasteiger partial charge >= 0.3 is 0 Å². The van der Waals surface area contributed by atoms with Gasteiger partial charge in [-0.15, -0.1) is 11.6 Å². The minimum atomic E-state index is 0.598. The van der Waals surface area contributed by atoms with Crippen molar-refractivity contribution in [1.29, 1.82) is 0 Å². The lowest BCUT2D eigenvalue weighted by atomic mass is 10.1. The molecule has 0 aromatic carbocycles.